The van der Waals surface area contributed by atoms with E-state index in [1.807, 2.05) is 0 Å². The molecule has 0 saturated heterocycles. The zero-order valence-electron chi connectivity index (χ0n) is 11.7. The quantitative estimate of drug-likeness (QED) is 0.862. The van der Waals surface area contributed by atoms with Crippen LogP contribution in [0.4, 0.5) is 0 Å². The summed E-state index contributed by atoms with van der Waals surface area (Å²) in [7, 11) is 0. The molecular weight excluding hydrogens is 258 g/mol. The Morgan fingerprint density at radius 3 is 2.68 bits per heavy atom. The highest BCUT2D eigenvalue weighted by Gasteiger charge is 2.33. The van der Waals surface area contributed by atoms with Crippen molar-refractivity contribution in [3.63, 3.8) is 0 Å². The first kappa shape index (κ1) is 14.2. The van der Waals surface area contributed by atoms with Crippen molar-refractivity contribution in [3.8, 4) is 5.88 Å². The van der Waals surface area contributed by atoms with Gasteiger partial charge in [-0.3, -0.25) is 0 Å². The monoisotopic (exact) mass is 279 g/mol. The third-order valence-electron chi connectivity index (χ3n) is 3.52. The highest BCUT2D eigenvalue weighted by Crippen LogP contribution is 2.39. The van der Waals surface area contributed by atoms with E-state index in [1.165, 1.54) is 6.42 Å². The molecule has 104 valence electrons. The summed E-state index contributed by atoms with van der Waals surface area (Å²) in [4.78, 5) is 8.59. The smallest absolute Gasteiger partial charge is 0.243 e. The van der Waals surface area contributed by atoms with Gasteiger partial charge in [-0.2, -0.15) is 0 Å². The van der Waals surface area contributed by atoms with Gasteiger partial charge in [-0.15, -0.1) is 0 Å². The van der Waals surface area contributed by atoms with Gasteiger partial charge in [-0.25, -0.2) is 9.97 Å². The summed E-state index contributed by atoms with van der Waals surface area (Å²) in [5, 5.41) is 0. The third kappa shape index (κ3) is 3.62. The average molecular weight is 279 g/mol. The van der Waals surface area contributed by atoms with Crippen LogP contribution < -0.4 is 10.5 Å². The van der Waals surface area contributed by atoms with Crippen LogP contribution in [-0.4, -0.2) is 21.1 Å². The molecule has 1 saturated carbocycles. The van der Waals surface area contributed by atoms with Crippen molar-refractivity contribution in [1.29, 1.82) is 0 Å². The van der Waals surface area contributed by atoms with E-state index < -0.39 is 0 Å². The molecule has 2 N–H and O–H groups in total. The van der Waals surface area contributed by atoms with E-state index in [1.54, 1.807) is 12.4 Å². The molecule has 2 unspecified atom stereocenters. The van der Waals surface area contributed by atoms with Gasteiger partial charge in [-0.1, -0.05) is 33.0 Å². The lowest BCUT2D eigenvalue weighted by atomic mass is 9.71. The Hall–Kier alpha value is -1.23. The first-order chi connectivity index (χ1) is 8.87. The Balaban J connectivity index is 2.15. The molecule has 0 aliphatic heterocycles. The Kier molecular flexibility index (Phi) is 4.04. The van der Waals surface area contributed by atoms with Crippen LogP contribution in [0, 0.1) is 11.3 Å². The minimum absolute atomic E-state index is 0.156. The summed E-state index contributed by atoms with van der Waals surface area (Å²) >= 11 is 4.98. The topological polar surface area (TPSA) is 61.0 Å². The Morgan fingerprint density at radius 1 is 1.37 bits per heavy atom. The molecule has 0 aromatic carbocycles. The minimum atomic E-state index is 0.156. The molecule has 0 bridgehead atoms. The molecule has 19 heavy (non-hydrogen) atoms. The normalized spacial score (nSPS) is 25.8. The second-order valence-corrected chi connectivity index (χ2v) is 6.67. The second-order valence-electron chi connectivity index (χ2n) is 6.23. The van der Waals surface area contributed by atoms with Gasteiger partial charge in [0.15, 0.2) is 5.69 Å². The molecule has 5 heteroatoms. The van der Waals surface area contributed by atoms with Crippen molar-refractivity contribution in [1.82, 2.24) is 9.97 Å². The largest absolute Gasteiger partial charge is 0.473 e. The van der Waals surface area contributed by atoms with Crippen molar-refractivity contribution in [3.05, 3.63) is 18.1 Å². The third-order valence-corrected chi connectivity index (χ3v) is 3.72. The van der Waals surface area contributed by atoms with Gasteiger partial charge in [0.05, 0.1) is 0 Å². The van der Waals surface area contributed by atoms with Crippen LogP contribution in [0.2, 0.25) is 0 Å². The molecular formula is C14H21N3OS. The van der Waals surface area contributed by atoms with Gasteiger partial charge in [0.2, 0.25) is 5.88 Å². The Bertz CT molecular complexity index is 476. The van der Waals surface area contributed by atoms with Gasteiger partial charge < -0.3 is 10.5 Å². The number of thiocarbonyl (C=S) groups is 1. The Labute approximate surface area is 119 Å². The number of hydrogen-bond acceptors (Lipinski definition) is 4. The molecule has 0 radical (unpaired) electrons. The lowest BCUT2D eigenvalue weighted by molar-refractivity contribution is 0.0528. The maximum atomic E-state index is 6.01. The SMILES string of the molecule is CC1CC(Oc2nccnc2C(N)=S)CC(C)(C)C1. The summed E-state index contributed by atoms with van der Waals surface area (Å²) in [6, 6.07) is 0. The van der Waals surface area contributed by atoms with E-state index in [0.717, 1.165) is 12.8 Å². The van der Waals surface area contributed by atoms with Crippen LogP contribution in [0.5, 0.6) is 5.88 Å². The molecule has 1 fully saturated rings. The molecule has 1 aliphatic rings. The fourth-order valence-electron chi connectivity index (χ4n) is 3.09. The van der Waals surface area contributed by atoms with Crippen molar-refractivity contribution < 1.29 is 4.74 Å². The molecule has 1 aromatic heterocycles. The lowest BCUT2D eigenvalue weighted by Gasteiger charge is -2.38. The molecule has 1 aromatic rings. The number of aromatic nitrogens is 2. The number of hydrogen-bond donors (Lipinski definition) is 1. The summed E-state index contributed by atoms with van der Waals surface area (Å²) in [6.45, 7) is 6.83. The van der Waals surface area contributed by atoms with Gasteiger partial charge in [0.25, 0.3) is 0 Å². The van der Waals surface area contributed by atoms with Crippen molar-refractivity contribution >= 4 is 17.2 Å². The molecule has 0 amide bonds. The number of nitrogens with zero attached hydrogens (tertiary/aromatic N) is 2. The van der Waals surface area contributed by atoms with Gasteiger partial charge in [0.1, 0.15) is 11.1 Å². The average Bonchev–Trinajstić information content (AvgIpc) is 2.26. The van der Waals surface area contributed by atoms with E-state index in [9.17, 15) is 0 Å². The van der Waals surface area contributed by atoms with E-state index in [4.69, 9.17) is 22.7 Å². The number of ether oxygens (including phenoxy) is 1. The van der Waals surface area contributed by atoms with E-state index in [0.29, 0.717) is 22.9 Å². The summed E-state index contributed by atoms with van der Waals surface area (Å²) < 4.78 is 6.01. The highest BCUT2D eigenvalue weighted by molar-refractivity contribution is 7.80. The summed E-state index contributed by atoms with van der Waals surface area (Å²) in [5.74, 6) is 1.11. The van der Waals surface area contributed by atoms with Gasteiger partial charge in [0, 0.05) is 12.4 Å². The molecule has 1 heterocycles. The fraction of sp³-hybridized carbons (Fsp3) is 0.643. The van der Waals surface area contributed by atoms with E-state index in [-0.39, 0.29) is 11.1 Å². The van der Waals surface area contributed by atoms with Crippen molar-refractivity contribution in [2.75, 3.05) is 0 Å². The van der Waals surface area contributed by atoms with Crippen LogP contribution in [0.25, 0.3) is 0 Å². The molecule has 1 aliphatic carbocycles. The molecule has 4 nitrogen and oxygen atoms in total. The van der Waals surface area contributed by atoms with E-state index >= 15 is 0 Å². The first-order valence-corrected chi connectivity index (χ1v) is 7.06. The van der Waals surface area contributed by atoms with Gasteiger partial charge in [-0.05, 0) is 30.6 Å². The number of rotatable bonds is 3. The lowest BCUT2D eigenvalue weighted by Crippen LogP contribution is -2.35. The van der Waals surface area contributed by atoms with Crippen LogP contribution in [-0.2, 0) is 0 Å². The zero-order valence-corrected chi connectivity index (χ0v) is 12.5. The fourth-order valence-corrected chi connectivity index (χ4v) is 3.23. The summed E-state index contributed by atoms with van der Waals surface area (Å²) in [6.07, 6.45) is 6.63. The second kappa shape index (κ2) is 5.41. The Morgan fingerprint density at radius 2 is 2.05 bits per heavy atom. The molecule has 2 atom stereocenters. The maximum Gasteiger partial charge on any atom is 0.243 e. The highest BCUT2D eigenvalue weighted by atomic mass is 32.1. The predicted molar refractivity (Wildman–Crippen MR) is 79.1 cm³/mol. The maximum absolute atomic E-state index is 6.01. The standard InChI is InChI=1S/C14H21N3OS/c1-9-6-10(8-14(2,3)7-9)18-13-11(12(15)19)16-4-5-17-13/h4-5,9-10H,6-8H2,1-3H3,(H2,15,19). The zero-order chi connectivity index (χ0) is 14.0. The van der Waals surface area contributed by atoms with Gasteiger partial charge >= 0.3 is 0 Å². The summed E-state index contributed by atoms with van der Waals surface area (Å²) in [5.41, 5.74) is 6.43. The van der Waals surface area contributed by atoms with Crippen molar-refractivity contribution in [2.24, 2.45) is 17.1 Å². The van der Waals surface area contributed by atoms with E-state index in [2.05, 4.69) is 30.7 Å². The van der Waals surface area contributed by atoms with Crippen LogP contribution >= 0.6 is 12.2 Å². The van der Waals surface area contributed by atoms with Crippen molar-refractivity contribution in [2.45, 2.75) is 46.1 Å². The first-order valence-electron chi connectivity index (χ1n) is 6.65. The van der Waals surface area contributed by atoms with Crippen LogP contribution in [0.1, 0.15) is 45.7 Å². The predicted octanol–water partition coefficient (Wildman–Crippen LogP) is 2.70. The number of nitrogens with two attached hydrogens (primary N) is 1. The molecule has 0 spiro atoms. The van der Waals surface area contributed by atoms with Crippen LogP contribution in [0.3, 0.4) is 0 Å². The van der Waals surface area contributed by atoms with Crippen LogP contribution in [0.15, 0.2) is 12.4 Å². The minimum Gasteiger partial charge on any atom is -0.473 e. The molecule has 2 rings (SSSR count).